The largest absolute Gasteiger partial charge is 0.389 e. The van der Waals surface area contributed by atoms with E-state index < -0.39 is 0 Å². The fraction of sp³-hybridized carbons (Fsp3) is 0.500. The van der Waals surface area contributed by atoms with E-state index in [0.29, 0.717) is 18.7 Å². The highest BCUT2D eigenvalue weighted by molar-refractivity contribution is 5.94. The average molecular weight is 233 g/mol. The Balaban J connectivity index is 2.10. The highest BCUT2D eigenvalue weighted by Gasteiger charge is 2.29. The summed E-state index contributed by atoms with van der Waals surface area (Å²) >= 11 is 0. The van der Waals surface area contributed by atoms with Crippen molar-refractivity contribution >= 4 is 5.91 Å². The summed E-state index contributed by atoms with van der Waals surface area (Å²) in [5, 5.41) is 9.17. The van der Waals surface area contributed by atoms with Crippen molar-refractivity contribution in [3.63, 3.8) is 0 Å². The molecule has 1 fully saturated rings. The summed E-state index contributed by atoms with van der Waals surface area (Å²) in [7, 11) is 0. The van der Waals surface area contributed by atoms with E-state index in [0.717, 1.165) is 0 Å². The smallest absolute Gasteiger partial charge is 0.254 e. The Labute approximate surface area is 102 Å². The normalized spacial score (nSPS) is 16.8. The van der Waals surface area contributed by atoms with Crippen LogP contribution in [0, 0.1) is 0 Å². The maximum atomic E-state index is 11.9. The van der Waals surface area contributed by atoms with Crippen LogP contribution < -0.4 is 0 Å². The van der Waals surface area contributed by atoms with Crippen LogP contribution in [0.25, 0.3) is 0 Å². The first-order valence-electron chi connectivity index (χ1n) is 5.96. The molecule has 0 radical (unpaired) electrons. The monoisotopic (exact) mass is 233 g/mol. The Kier molecular flexibility index (Phi) is 2.96. The molecule has 0 unspecified atom stereocenters. The maximum Gasteiger partial charge on any atom is 0.254 e. The Hall–Kier alpha value is -1.35. The number of nitrogens with zero attached hydrogens (tertiary/aromatic N) is 1. The van der Waals surface area contributed by atoms with Crippen molar-refractivity contribution in [2.75, 3.05) is 13.1 Å². The summed E-state index contributed by atoms with van der Waals surface area (Å²) in [6.45, 7) is 7.36. The van der Waals surface area contributed by atoms with Crippen LogP contribution in [0.3, 0.4) is 0 Å². The first-order valence-corrected chi connectivity index (χ1v) is 5.96. The number of β-amino-alcohol motifs (C(OH)–C–C–N with tert-alkyl or cyclic N) is 1. The predicted molar refractivity (Wildman–Crippen MR) is 67.1 cm³/mol. The highest BCUT2D eigenvalue weighted by atomic mass is 16.3. The molecule has 0 aliphatic carbocycles. The second-order valence-electron chi connectivity index (χ2n) is 5.69. The summed E-state index contributed by atoms with van der Waals surface area (Å²) in [6.07, 6.45) is -0.340. The van der Waals surface area contributed by atoms with E-state index in [2.05, 4.69) is 20.8 Å². The lowest BCUT2D eigenvalue weighted by molar-refractivity contribution is 0.00589. The number of aliphatic hydroxyl groups excluding tert-OH is 1. The molecule has 0 saturated carbocycles. The van der Waals surface area contributed by atoms with Crippen LogP contribution in [-0.4, -0.2) is 35.1 Å². The van der Waals surface area contributed by atoms with Gasteiger partial charge >= 0.3 is 0 Å². The molecular formula is C14H19NO2. The fourth-order valence-corrected chi connectivity index (χ4v) is 1.92. The molecule has 3 nitrogen and oxygen atoms in total. The minimum atomic E-state index is -0.340. The molecule has 1 heterocycles. The van der Waals surface area contributed by atoms with Crippen LogP contribution in [0.4, 0.5) is 0 Å². The molecule has 92 valence electrons. The third-order valence-corrected chi connectivity index (χ3v) is 3.15. The SMILES string of the molecule is CC(C)(C)c1ccc(C(=O)N2CC(O)C2)cc1. The third kappa shape index (κ3) is 2.50. The van der Waals surface area contributed by atoms with E-state index in [4.69, 9.17) is 0 Å². The Morgan fingerprint density at radius 2 is 1.76 bits per heavy atom. The van der Waals surface area contributed by atoms with Gasteiger partial charge in [0.1, 0.15) is 0 Å². The third-order valence-electron chi connectivity index (χ3n) is 3.15. The van der Waals surface area contributed by atoms with Crippen LogP contribution in [-0.2, 0) is 5.41 Å². The van der Waals surface area contributed by atoms with Gasteiger partial charge in [0.05, 0.1) is 6.10 Å². The maximum absolute atomic E-state index is 11.9. The number of benzene rings is 1. The fourth-order valence-electron chi connectivity index (χ4n) is 1.92. The van der Waals surface area contributed by atoms with Crippen LogP contribution in [0.5, 0.6) is 0 Å². The quantitative estimate of drug-likeness (QED) is 0.803. The summed E-state index contributed by atoms with van der Waals surface area (Å²) in [5.41, 5.74) is 2.02. The van der Waals surface area contributed by atoms with Crippen molar-refractivity contribution in [3.8, 4) is 0 Å². The van der Waals surface area contributed by atoms with Gasteiger partial charge in [-0.15, -0.1) is 0 Å². The Morgan fingerprint density at radius 3 is 2.18 bits per heavy atom. The lowest BCUT2D eigenvalue weighted by atomic mass is 9.86. The Bertz CT molecular complexity index is 411. The van der Waals surface area contributed by atoms with Crippen molar-refractivity contribution in [3.05, 3.63) is 35.4 Å². The molecule has 3 heteroatoms. The number of carbonyl (C=O) groups excluding carboxylic acids is 1. The number of carbonyl (C=O) groups is 1. The van der Waals surface area contributed by atoms with Gasteiger partial charge < -0.3 is 10.0 Å². The minimum Gasteiger partial charge on any atom is -0.389 e. The van der Waals surface area contributed by atoms with E-state index >= 15 is 0 Å². The van der Waals surface area contributed by atoms with Gasteiger partial charge in [-0.3, -0.25) is 4.79 Å². The minimum absolute atomic E-state index is 0.00996. The van der Waals surface area contributed by atoms with Gasteiger partial charge in [0, 0.05) is 18.7 Å². The van der Waals surface area contributed by atoms with Crippen LogP contribution in [0.2, 0.25) is 0 Å². The number of hydrogen-bond donors (Lipinski definition) is 1. The van der Waals surface area contributed by atoms with Gasteiger partial charge in [-0.2, -0.15) is 0 Å². The van der Waals surface area contributed by atoms with E-state index in [1.165, 1.54) is 5.56 Å². The van der Waals surface area contributed by atoms with Crippen LogP contribution in [0.1, 0.15) is 36.7 Å². The van der Waals surface area contributed by atoms with Crippen molar-refractivity contribution < 1.29 is 9.90 Å². The highest BCUT2D eigenvalue weighted by Crippen LogP contribution is 2.23. The van der Waals surface area contributed by atoms with Crippen molar-refractivity contribution in [1.29, 1.82) is 0 Å². The Morgan fingerprint density at radius 1 is 1.24 bits per heavy atom. The van der Waals surface area contributed by atoms with Gasteiger partial charge in [0.25, 0.3) is 5.91 Å². The molecule has 1 aliphatic rings. The van der Waals surface area contributed by atoms with E-state index in [1.54, 1.807) is 4.90 Å². The number of rotatable bonds is 1. The molecular weight excluding hydrogens is 214 g/mol. The second kappa shape index (κ2) is 4.15. The summed E-state index contributed by atoms with van der Waals surface area (Å²) in [4.78, 5) is 13.6. The molecule has 2 rings (SSSR count). The molecule has 17 heavy (non-hydrogen) atoms. The van der Waals surface area contributed by atoms with E-state index in [9.17, 15) is 9.90 Å². The van der Waals surface area contributed by atoms with Gasteiger partial charge in [-0.05, 0) is 23.1 Å². The topological polar surface area (TPSA) is 40.5 Å². The second-order valence-corrected chi connectivity index (χ2v) is 5.69. The predicted octanol–water partition coefficient (Wildman–Crippen LogP) is 1.80. The molecule has 0 aromatic heterocycles. The van der Waals surface area contributed by atoms with Gasteiger partial charge in [-0.25, -0.2) is 0 Å². The zero-order valence-corrected chi connectivity index (χ0v) is 10.6. The van der Waals surface area contributed by atoms with Crippen molar-refractivity contribution in [2.45, 2.75) is 32.3 Å². The zero-order chi connectivity index (χ0) is 12.6. The molecule has 0 spiro atoms. The van der Waals surface area contributed by atoms with Crippen molar-refractivity contribution in [1.82, 2.24) is 4.90 Å². The number of aliphatic hydroxyl groups is 1. The molecule has 1 aliphatic heterocycles. The van der Waals surface area contributed by atoms with Crippen molar-refractivity contribution in [2.24, 2.45) is 0 Å². The van der Waals surface area contributed by atoms with E-state index in [1.807, 2.05) is 24.3 Å². The molecule has 1 saturated heterocycles. The zero-order valence-electron chi connectivity index (χ0n) is 10.6. The van der Waals surface area contributed by atoms with Gasteiger partial charge in [0.15, 0.2) is 0 Å². The van der Waals surface area contributed by atoms with Gasteiger partial charge in [-0.1, -0.05) is 32.9 Å². The molecule has 1 aromatic carbocycles. The number of amides is 1. The lowest BCUT2D eigenvalue weighted by Gasteiger charge is -2.36. The molecule has 1 amide bonds. The molecule has 0 atom stereocenters. The van der Waals surface area contributed by atoms with E-state index in [-0.39, 0.29) is 17.4 Å². The standard InChI is InChI=1S/C14H19NO2/c1-14(2,3)11-6-4-10(5-7-11)13(17)15-8-12(16)9-15/h4-7,12,16H,8-9H2,1-3H3. The van der Waals surface area contributed by atoms with Crippen LogP contribution >= 0.6 is 0 Å². The average Bonchev–Trinajstić information content (AvgIpc) is 2.23. The first-order chi connectivity index (χ1) is 7.88. The van der Waals surface area contributed by atoms with Crippen LogP contribution in [0.15, 0.2) is 24.3 Å². The summed E-state index contributed by atoms with van der Waals surface area (Å²) in [5.74, 6) is 0.00996. The molecule has 0 bridgehead atoms. The number of likely N-dealkylation sites (tertiary alicyclic amines) is 1. The lowest BCUT2D eigenvalue weighted by Crippen LogP contribution is -2.53. The number of hydrogen-bond acceptors (Lipinski definition) is 2. The summed E-state index contributed by atoms with van der Waals surface area (Å²) < 4.78 is 0. The van der Waals surface area contributed by atoms with Gasteiger partial charge in [0.2, 0.25) is 0 Å². The summed E-state index contributed by atoms with van der Waals surface area (Å²) in [6, 6.07) is 7.74. The molecule has 1 aromatic rings. The first kappa shape index (κ1) is 12.1. The molecule has 1 N–H and O–H groups in total.